The maximum atomic E-state index is 8.99. The minimum absolute atomic E-state index is 0.130. The van der Waals surface area contributed by atoms with Crippen molar-refractivity contribution in [2.75, 3.05) is 0 Å². The van der Waals surface area contributed by atoms with E-state index >= 15 is 0 Å². The lowest BCUT2D eigenvalue weighted by Crippen LogP contribution is -2.17. The van der Waals surface area contributed by atoms with E-state index in [0.717, 1.165) is 12.1 Å². The molecule has 2 N–H and O–H groups in total. The van der Waals surface area contributed by atoms with E-state index in [2.05, 4.69) is 42.6 Å². The fourth-order valence-electron chi connectivity index (χ4n) is 1.72. The normalized spacial score (nSPS) is 12.6. The van der Waals surface area contributed by atoms with Crippen molar-refractivity contribution < 1.29 is 5.11 Å². The van der Waals surface area contributed by atoms with Crippen LogP contribution in [0.25, 0.3) is 0 Å². The number of rotatable bonds is 5. The van der Waals surface area contributed by atoms with E-state index in [4.69, 9.17) is 5.11 Å². The molecule has 90 valence electrons. The molecule has 0 fully saturated rings. The molecule has 0 aliphatic rings. The van der Waals surface area contributed by atoms with Gasteiger partial charge in [0.2, 0.25) is 0 Å². The first-order valence-corrected chi connectivity index (χ1v) is 6.63. The van der Waals surface area contributed by atoms with E-state index in [9.17, 15) is 0 Å². The highest BCUT2D eigenvalue weighted by Crippen LogP contribution is 2.17. The number of hydrogen-bond acceptors (Lipinski definition) is 3. The second-order valence-electron chi connectivity index (χ2n) is 4.09. The number of aliphatic hydroxyl groups is 1. The molecule has 1 atom stereocenters. The van der Waals surface area contributed by atoms with Crippen LogP contribution in [0.2, 0.25) is 0 Å². The lowest BCUT2D eigenvalue weighted by molar-refractivity contribution is 0.282. The average molecular weight is 247 g/mol. The van der Waals surface area contributed by atoms with Gasteiger partial charge in [-0.1, -0.05) is 30.3 Å². The van der Waals surface area contributed by atoms with Crippen LogP contribution >= 0.6 is 11.3 Å². The Morgan fingerprint density at radius 2 is 2.06 bits per heavy atom. The van der Waals surface area contributed by atoms with Crippen molar-refractivity contribution in [1.29, 1.82) is 0 Å². The third-order valence-corrected chi connectivity index (χ3v) is 3.76. The summed E-state index contributed by atoms with van der Waals surface area (Å²) in [6.45, 7) is 3.14. The molecule has 0 spiro atoms. The fourth-order valence-corrected chi connectivity index (χ4v) is 2.55. The number of nitrogens with one attached hydrogen (secondary N) is 1. The van der Waals surface area contributed by atoms with Crippen LogP contribution in [-0.2, 0) is 13.2 Å². The Kier molecular flexibility index (Phi) is 4.31. The standard InChI is InChI=1S/C14H17NOS/c1-11(13-5-3-2-4-6-13)15-8-14-7-12(9-16)10-17-14/h2-7,10-11,15-16H,8-9H2,1H3/t11-/m1/s1. The van der Waals surface area contributed by atoms with Crippen LogP contribution in [0.4, 0.5) is 0 Å². The van der Waals surface area contributed by atoms with Crippen molar-refractivity contribution in [3.63, 3.8) is 0 Å². The van der Waals surface area contributed by atoms with Gasteiger partial charge in [-0.3, -0.25) is 0 Å². The van der Waals surface area contributed by atoms with E-state index in [1.165, 1.54) is 10.4 Å². The summed E-state index contributed by atoms with van der Waals surface area (Å²) >= 11 is 1.69. The molecule has 0 radical (unpaired) electrons. The van der Waals surface area contributed by atoms with Crippen LogP contribution in [0.1, 0.15) is 29.0 Å². The monoisotopic (exact) mass is 247 g/mol. The first-order chi connectivity index (χ1) is 8.29. The minimum Gasteiger partial charge on any atom is -0.392 e. The van der Waals surface area contributed by atoms with Gasteiger partial charge in [-0.25, -0.2) is 0 Å². The van der Waals surface area contributed by atoms with Gasteiger partial charge in [0.05, 0.1) is 6.61 Å². The SMILES string of the molecule is C[C@@H](NCc1cc(CO)cs1)c1ccccc1. The summed E-state index contributed by atoms with van der Waals surface area (Å²) in [6.07, 6.45) is 0. The first-order valence-electron chi connectivity index (χ1n) is 5.75. The number of thiophene rings is 1. The molecule has 0 aliphatic carbocycles. The van der Waals surface area contributed by atoms with E-state index in [1.54, 1.807) is 11.3 Å². The van der Waals surface area contributed by atoms with Crippen molar-refractivity contribution in [1.82, 2.24) is 5.32 Å². The second kappa shape index (κ2) is 5.96. The zero-order valence-electron chi connectivity index (χ0n) is 9.89. The molecule has 0 amide bonds. The van der Waals surface area contributed by atoms with Gasteiger partial charge in [0.1, 0.15) is 0 Å². The van der Waals surface area contributed by atoms with Gasteiger partial charge in [-0.2, -0.15) is 0 Å². The predicted octanol–water partition coefficient (Wildman–Crippen LogP) is 3.09. The third-order valence-electron chi connectivity index (χ3n) is 2.77. The Labute approximate surface area is 106 Å². The van der Waals surface area contributed by atoms with E-state index in [0.29, 0.717) is 6.04 Å². The zero-order chi connectivity index (χ0) is 12.1. The summed E-state index contributed by atoms with van der Waals surface area (Å²) < 4.78 is 0. The predicted molar refractivity (Wildman–Crippen MR) is 71.9 cm³/mol. The lowest BCUT2D eigenvalue weighted by Gasteiger charge is -2.13. The maximum absolute atomic E-state index is 8.99. The van der Waals surface area contributed by atoms with Gasteiger partial charge >= 0.3 is 0 Å². The highest BCUT2D eigenvalue weighted by Gasteiger charge is 2.05. The first kappa shape index (κ1) is 12.3. The summed E-state index contributed by atoms with van der Waals surface area (Å²) in [4.78, 5) is 1.26. The van der Waals surface area contributed by atoms with Crippen LogP contribution in [0.5, 0.6) is 0 Å². The Bertz CT molecular complexity index is 452. The second-order valence-corrected chi connectivity index (χ2v) is 5.09. The zero-order valence-corrected chi connectivity index (χ0v) is 10.7. The molecule has 0 saturated heterocycles. The molecule has 1 heterocycles. The molecule has 3 heteroatoms. The van der Waals surface area contributed by atoms with Crippen LogP contribution in [-0.4, -0.2) is 5.11 Å². The molecule has 1 aromatic heterocycles. The third kappa shape index (κ3) is 3.40. The minimum atomic E-state index is 0.130. The molecule has 2 nitrogen and oxygen atoms in total. The fraction of sp³-hybridized carbons (Fsp3) is 0.286. The molecule has 2 rings (SSSR count). The number of benzene rings is 1. The molecule has 0 bridgehead atoms. The quantitative estimate of drug-likeness (QED) is 0.851. The highest BCUT2D eigenvalue weighted by atomic mass is 32.1. The maximum Gasteiger partial charge on any atom is 0.0690 e. The highest BCUT2D eigenvalue weighted by molar-refractivity contribution is 7.10. The molecule has 2 aromatic rings. The van der Waals surface area contributed by atoms with Crippen molar-refractivity contribution in [2.24, 2.45) is 0 Å². The van der Waals surface area contributed by atoms with Gasteiger partial charge < -0.3 is 10.4 Å². The Balaban J connectivity index is 1.90. The summed E-state index contributed by atoms with van der Waals surface area (Å²) in [5.41, 5.74) is 2.30. The molecular weight excluding hydrogens is 230 g/mol. The van der Waals surface area contributed by atoms with Gasteiger partial charge in [0, 0.05) is 17.5 Å². The van der Waals surface area contributed by atoms with E-state index in [1.807, 2.05) is 11.4 Å². The van der Waals surface area contributed by atoms with Gasteiger partial charge in [0.15, 0.2) is 0 Å². The smallest absolute Gasteiger partial charge is 0.0690 e. The number of aliphatic hydroxyl groups excluding tert-OH is 1. The van der Waals surface area contributed by atoms with Gasteiger partial charge in [-0.05, 0) is 29.5 Å². The average Bonchev–Trinajstić information content (AvgIpc) is 2.85. The van der Waals surface area contributed by atoms with Crippen molar-refractivity contribution in [3.8, 4) is 0 Å². The Morgan fingerprint density at radius 1 is 1.29 bits per heavy atom. The largest absolute Gasteiger partial charge is 0.392 e. The van der Waals surface area contributed by atoms with Crippen LogP contribution in [0.3, 0.4) is 0 Å². The van der Waals surface area contributed by atoms with Crippen molar-refractivity contribution in [3.05, 3.63) is 57.8 Å². The van der Waals surface area contributed by atoms with Gasteiger partial charge in [0.25, 0.3) is 0 Å². The number of hydrogen-bond donors (Lipinski definition) is 2. The summed E-state index contributed by atoms with van der Waals surface area (Å²) in [5.74, 6) is 0. The van der Waals surface area contributed by atoms with Crippen molar-refractivity contribution in [2.45, 2.75) is 26.1 Å². The molecule has 0 unspecified atom stereocenters. The topological polar surface area (TPSA) is 32.3 Å². The molecular formula is C14H17NOS. The Morgan fingerprint density at radius 3 is 2.71 bits per heavy atom. The Hall–Kier alpha value is -1.16. The molecule has 17 heavy (non-hydrogen) atoms. The van der Waals surface area contributed by atoms with Gasteiger partial charge in [-0.15, -0.1) is 11.3 Å². The lowest BCUT2D eigenvalue weighted by atomic mass is 10.1. The summed E-state index contributed by atoms with van der Waals surface area (Å²) in [7, 11) is 0. The van der Waals surface area contributed by atoms with Crippen molar-refractivity contribution >= 4 is 11.3 Å². The summed E-state index contributed by atoms with van der Waals surface area (Å²) in [6, 6.07) is 12.8. The molecule has 0 saturated carbocycles. The van der Waals surface area contributed by atoms with Crippen LogP contribution < -0.4 is 5.32 Å². The van der Waals surface area contributed by atoms with E-state index in [-0.39, 0.29) is 6.61 Å². The summed E-state index contributed by atoms with van der Waals surface area (Å²) in [5, 5.41) is 14.5. The van der Waals surface area contributed by atoms with Crippen LogP contribution in [0.15, 0.2) is 41.8 Å². The molecule has 0 aliphatic heterocycles. The van der Waals surface area contributed by atoms with E-state index < -0.39 is 0 Å². The molecule has 1 aromatic carbocycles. The van der Waals surface area contributed by atoms with Crippen LogP contribution in [0, 0.1) is 0 Å².